The second-order valence-corrected chi connectivity index (χ2v) is 17.0. The minimum absolute atomic E-state index is 0.0763. The number of fused-ring (bicyclic) bond motifs is 2. The number of allylic oxidation sites excluding steroid dienone is 1. The molecule has 2 fully saturated rings. The fourth-order valence-electron chi connectivity index (χ4n) is 9.44. The third kappa shape index (κ3) is 9.89. The zero-order chi connectivity index (χ0) is 41.9. The summed E-state index contributed by atoms with van der Waals surface area (Å²) in [6, 6.07) is 22.9. The average molecular weight is 841 g/mol. The topological polar surface area (TPSA) is 129 Å². The van der Waals surface area contributed by atoms with Crippen molar-refractivity contribution < 1.29 is 43.5 Å². The van der Waals surface area contributed by atoms with Crippen LogP contribution in [-0.4, -0.2) is 84.8 Å². The Labute approximate surface area is 358 Å². The summed E-state index contributed by atoms with van der Waals surface area (Å²) in [5, 5.41) is 24.7. The van der Waals surface area contributed by atoms with E-state index in [1.165, 1.54) is 0 Å². The SMILES string of the molecule is C=CCOC12Oc3ccc(Oc4ccc(SC)cc4)cc3C3C(CCCCO)C(CCCCO)C=C(C(=NOC4CCCCO4)CC1N(C)C(=O)OCc1ccccc1)C32. The van der Waals surface area contributed by atoms with Gasteiger partial charge in [0.1, 0.15) is 29.9 Å². The Kier molecular flexibility index (Phi) is 15.3. The first kappa shape index (κ1) is 43.7. The Hall–Kier alpha value is -4.33. The summed E-state index contributed by atoms with van der Waals surface area (Å²) in [4.78, 5) is 23.2. The van der Waals surface area contributed by atoms with Crippen molar-refractivity contribution in [2.24, 2.45) is 22.9 Å². The summed E-state index contributed by atoms with van der Waals surface area (Å²) >= 11 is 1.68. The third-order valence-electron chi connectivity index (χ3n) is 12.3. The number of rotatable bonds is 19. The number of oxime groups is 1. The predicted molar refractivity (Wildman–Crippen MR) is 232 cm³/mol. The zero-order valence-corrected chi connectivity index (χ0v) is 35.7. The van der Waals surface area contributed by atoms with Crippen LogP contribution in [0.4, 0.5) is 4.79 Å². The molecule has 7 unspecified atom stereocenters. The van der Waals surface area contributed by atoms with Crippen molar-refractivity contribution in [1.82, 2.24) is 4.90 Å². The van der Waals surface area contributed by atoms with E-state index in [1.807, 2.05) is 73.0 Å². The van der Waals surface area contributed by atoms with Crippen LogP contribution in [0.5, 0.6) is 17.2 Å². The van der Waals surface area contributed by atoms with Gasteiger partial charge in [-0.3, -0.25) is 0 Å². The van der Waals surface area contributed by atoms with E-state index in [2.05, 4.69) is 18.7 Å². The lowest BCUT2D eigenvalue weighted by Gasteiger charge is -2.59. The number of aliphatic hydroxyl groups excluding tert-OH is 2. The lowest BCUT2D eigenvalue weighted by Crippen LogP contribution is -2.69. The Morgan fingerprint density at radius 3 is 2.48 bits per heavy atom. The van der Waals surface area contributed by atoms with E-state index in [-0.39, 0.29) is 50.6 Å². The molecule has 0 aromatic heterocycles. The van der Waals surface area contributed by atoms with Gasteiger partial charge >= 0.3 is 6.09 Å². The molecule has 0 bridgehead atoms. The van der Waals surface area contributed by atoms with Crippen LogP contribution in [-0.2, 0) is 25.7 Å². The second-order valence-electron chi connectivity index (χ2n) is 16.1. The quantitative estimate of drug-likeness (QED) is 0.0521. The minimum Gasteiger partial charge on any atom is -0.459 e. The molecule has 2 aliphatic carbocycles. The lowest BCUT2D eigenvalue weighted by molar-refractivity contribution is -0.254. The molecule has 4 aliphatic rings. The summed E-state index contributed by atoms with van der Waals surface area (Å²) in [6.45, 7) is 5.12. The number of carbonyl (C=O) groups is 1. The van der Waals surface area contributed by atoms with Gasteiger partial charge < -0.3 is 43.6 Å². The van der Waals surface area contributed by atoms with Gasteiger partial charge in [-0.25, -0.2) is 4.79 Å². The first-order valence-corrected chi connectivity index (χ1v) is 22.7. The highest BCUT2D eigenvalue weighted by atomic mass is 32.2. The summed E-state index contributed by atoms with van der Waals surface area (Å²) < 4.78 is 32.7. The molecule has 11 nitrogen and oxygen atoms in total. The van der Waals surface area contributed by atoms with E-state index in [0.29, 0.717) is 36.7 Å². The molecule has 2 N–H and O–H groups in total. The van der Waals surface area contributed by atoms with Gasteiger partial charge in [-0.1, -0.05) is 60.5 Å². The molecule has 3 aromatic rings. The number of nitrogens with zero attached hydrogens (tertiary/aromatic N) is 2. The number of aliphatic hydroxyl groups is 2. The molecular formula is C48H60N2O9S. The maximum absolute atomic E-state index is 14.2. The van der Waals surface area contributed by atoms with Gasteiger partial charge in [-0.15, -0.1) is 18.3 Å². The van der Waals surface area contributed by atoms with Crippen molar-refractivity contribution >= 4 is 23.6 Å². The van der Waals surface area contributed by atoms with Crippen molar-refractivity contribution in [3.05, 3.63) is 108 Å². The van der Waals surface area contributed by atoms with Gasteiger partial charge in [0.05, 0.1) is 24.8 Å². The number of benzene rings is 3. The summed E-state index contributed by atoms with van der Waals surface area (Å²) in [5.41, 5.74) is 3.52. The van der Waals surface area contributed by atoms with Gasteiger partial charge in [0.2, 0.25) is 12.1 Å². The molecule has 1 saturated heterocycles. The molecule has 0 spiro atoms. The molecule has 60 heavy (non-hydrogen) atoms. The van der Waals surface area contributed by atoms with Gasteiger partial charge in [-0.2, -0.15) is 0 Å². The molecule has 1 saturated carbocycles. The molecule has 322 valence electrons. The molecule has 7 rings (SSSR count). The van der Waals surface area contributed by atoms with E-state index in [0.717, 1.165) is 72.3 Å². The molecule has 1 amide bonds. The van der Waals surface area contributed by atoms with E-state index < -0.39 is 30.1 Å². The fraction of sp³-hybridized carbons (Fsp3) is 0.500. The monoisotopic (exact) mass is 840 g/mol. The van der Waals surface area contributed by atoms with Crippen LogP contribution in [0.2, 0.25) is 0 Å². The van der Waals surface area contributed by atoms with Crippen LogP contribution < -0.4 is 9.47 Å². The average Bonchev–Trinajstić information content (AvgIpc) is 3.28. The molecular weight excluding hydrogens is 781 g/mol. The molecule has 7 atom stereocenters. The van der Waals surface area contributed by atoms with Crippen molar-refractivity contribution in [2.75, 3.05) is 39.7 Å². The van der Waals surface area contributed by atoms with Crippen LogP contribution in [0.1, 0.15) is 81.3 Å². The minimum atomic E-state index is -1.39. The molecule has 12 heteroatoms. The number of likely N-dealkylation sites (N-methyl/N-ethyl adjacent to an activating group) is 1. The zero-order valence-electron chi connectivity index (χ0n) is 34.9. The van der Waals surface area contributed by atoms with E-state index in [9.17, 15) is 15.0 Å². The van der Waals surface area contributed by atoms with E-state index in [1.54, 1.807) is 29.8 Å². The highest BCUT2D eigenvalue weighted by Gasteiger charge is 2.65. The Morgan fingerprint density at radius 2 is 1.77 bits per heavy atom. The van der Waals surface area contributed by atoms with Crippen molar-refractivity contribution in [3.63, 3.8) is 0 Å². The maximum Gasteiger partial charge on any atom is 0.410 e. The van der Waals surface area contributed by atoms with Gasteiger partial charge in [0, 0.05) is 49.5 Å². The largest absolute Gasteiger partial charge is 0.459 e. The highest BCUT2D eigenvalue weighted by molar-refractivity contribution is 7.98. The van der Waals surface area contributed by atoms with Crippen LogP contribution >= 0.6 is 11.8 Å². The maximum atomic E-state index is 14.2. The van der Waals surface area contributed by atoms with Crippen molar-refractivity contribution in [3.8, 4) is 17.2 Å². The number of hydrogen-bond acceptors (Lipinski definition) is 11. The molecule has 2 aliphatic heterocycles. The lowest BCUT2D eigenvalue weighted by atomic mass is 9.55. The first-order valence-electron chi connectivity index (χ1n) is 21.5. The molecule has 3 aromatic carbocycles. The Morgan fingerprint density at radius 1 is 1.00 bits per heavy atom. The molecule has 2 heterocycles. The highest BCUT2D eigenvalue weighted by Crippen LogP contribution is 2.62. The summed E-state index contributed by atoms with van der Waals surface area (Å²) in [5.74, 6) is 0.196. The number of hydrogen-bond donors (Lipinski definition) is 2. The van der Waals surface area contributed by atoms with E-state index in [4.69, 9.17) is 33.7 Å². The normalized spacial score (nSPS) is 26.2. The van der Waals surface area contributed by atoms with E-state index >= 15 is 0 Å². The standard InChI is InChI=1S/C48H60N2O9S/c1-4-27-56-48-43(50(2)47(53)55-32-33-14-6-5-7-15-33)31-41(49-59-44-18-10-13-28-54-44)39-29-34(16-8-11-25-51)38(17-9-12-26-52)45(46(39)48)40-30-36(21-24-42(40)58-48)57-35-19-22-37(60-3)23-20-35/h4-7,14-15,19-24,29-30,34,38,43-46,51-52H,1,8-13,16-18,25-28,31-32H2,2-3H3. The number of unbranched alkanes of at least 4 members (excludes halogenated alkanes) is 2. The van der Waals surface area contributed by atoms with Crippen LogP contribution in [0.15, 0.2) is 107 Å². The van der Waals surface area contributed by atoms with Crippen LogP contribution in [0, 0.1) is 17.8 Å². The Bertz CT molecular complexity index is 1940. The fourth-order valence-corrected chi connectivity index (χ4v) is 9.84. The van der Waals surface area contributed by atoms with Crippen LogP contribution in [0.3, 0.4) is 0 Å². The Balaban J connectivity index is 1.38. The van der Waals surface area contributed by atoms with Crippen molar-refractivity contribution in [2.45, 2.75) is 99.7 Å². The number of ether oxygens (including phenoxy) is 5. The third-order valence-corrected chi connectivity index (χ3v) is 13.1. The smallest absolute Gasteiger partial charge is 0.410 e. The van der Waals surface area contributed by atoms with Gasteiger partial charge in [0.25, 0.3) is 0 Å². The predicted octanol–water partition coefficient (Wildman–Crippen LogP) is 9.63. The summed E-state index contributed by atoms with van der Waals surface area (Å²) in [6.07, 6.45) is 12.8. The van der Waals surface area contributed by atoms with Crippen molar-refractivity contribution in [1.29, 1.82) is 0 Å². The second kappa shape index (κ2) is 21.0. The summed E-state index contributed by atoms with van der Waals surface area (Å²) in [7, 11) is 1.74. The number of thioether (sulfide) groups is 1. The van der Waals surface area contributed by atoms with Crippen LogP contribution in [0.25, 0.3) is 0 Å². The van der Waals surface area contributed by atoms with Gasteiger partial charge in [0.15, 0.2) is 0 Å². The molecule has 0 radical (unpaired) electrons. The number of carbonyl (C=O) groups excluding carboxylic acids is 1. The van der Waals surface area contributed by atoms with Gasteiger partial charge in [-0.05, 0) is 110 Å². The number of amides is 1. The first-order chi connectivity index (χ1) is 29.4.